The molecule has 0 aromatic carbocycles. The van der Waals surface area contributed by atoms with Gasteiger partial charge in [0.05, 0.1) is 0 Å². The monoisotopic (exact) mass is 283 g/mol. The number of amides is 2. The number of carbonyl (C=O) groups excluding carboxylic acids is 1. The van der Waals surface area contributed by atoms with Crippen LogP contribution in [0.25, 0.3) is 0 Å². The number of hydrogen-bond donors (Lipinski definition) is 2. The molecule has 1 unspecified atom stereocenters. The van der Waals surface area contributed by atoms with Gasteiger partial charge in [-0.25, -0.2) is 9.59 Å². The largest absolute Gasteiger partial charge is 0.480 e. The van der Waals surface area contributed by atoms with E-state index in [1.807, 2.05) is 0 Å². The molecule has 0 spiro atoms. The minimum Gasteiger partial charge on any atom is -0.480 e. The quantitative estimate of drug-likeness (QED) is 0.814. The highest BCUT2D eigenvalue weighted by atomic mass is 16.4. The Morgan fingerprint density at radius 1 is 1.30 bits per heavy atom. The number of carboxylic acids is 1. The van der Waals surface area contributed by atoms with E-state index in [2.05, 4.69) is 24.1 Å². The van der Waals surface area contributed by atoms with Gasteiger partial charge in [0, 0.05) is 25.7 Å². The summed E-state index contributed by atoms with van der Waals surface area (Å²) < 4.78 is 0. The third-order valence-corrected chi connectivity index (χ3v) is 4.67. The molecule has 0 aromatic heterocycles. The lowest BCUT2D eigenvalue weighted by molar-refractivity contribution is -0.144. The molecule has 2 rings (SSSR count). The van der Waals surface area contributed by atoms with Crippen molar-refractivity contribution in [1.82, 2.24) is 15.1 Å². The van der Waals surface area contributed by atoms with E-state index in [4.69, 9.17) is 0 Å². The topological polar surface area (TPSA) is 72.9 Å². The number of nitrogens with zero attached hydrogens (tertiary/aromatic N) is 2. The fraction of sp³-hybridized carbons (Fsp3) is 0.857. The molecule has 2 amide bonds. The zero-order valence-corrected chi connectivity index (χ0v) is 12.4. The van der Waals surface area contributed by atoms with Crippen molar-refractivity contribution >= 4 is 12.0 Å². The molecular weight excluding hydrogens is 258 g/mol. The summed E-state index contributed by atoms with van der Waals surface area (Å²) in [5.74, 6) is -0.899. The summed E-state index contributed by atoms with van der Waals surface area (Å²) in [5, 5.41) is 12.2. The summed E-state index contributed by atoms with van der Waals surface area (Å²) in [5.41, 5.74) is -1.04. The second-order valence-corrected chi connectivity index (χ2v) is 5.95. The van der Waals surface area contributed by atoms with Crippen molar-refractivity contribution in [3.05, 3.63) is 0 Å². The molecule has 0 aromatic rings. The van der Waals surface area contributed by atoms with Crippen LogP contribution in [0.2, 0.25) is 0 Å². The summed E-state index contributed by atoms with van der Waals surface area (Å²) in [6.45, 7) is 7.38. The van der Waals surface area contributed by atoms with Crippen LogP contribution in [-0.4, -0.2) is 64.7 Å². The lowest BCUT2D eigenvalue weighted by Crippen LogP contribution is -2.61. The normalized spacial score (nSPS) is 26.5. The fourth-order valence-corrected chi connectivity index (χ4v) is 3.30. The second-order valence-electron chi connectivity index (χ2n) is 5.95. The minimum absolute atomic E-state index is 0.225. The van der Waals surface area contributed by atoms with Crippen molar-refractivity contribution in [3.63, 3.8) is 0 Å². The number of hydrogen-bond acceptors (Lipinski definition) is 3. The van der Waals surface area contributed by atoms with E-state index in [1.165, 1.54) is 0 Å². The van der Waals surface area contributed by atoms with Gasteiger partial charge in [-0.05, 0) is 26.3 Å². The number of rotatable bonds is 3. The summed E-state index contributed by atoms with van der Waals surface area (Å²) in [4.78, 5) is 27.9. The zero-order chi connectivity index (χ0) is 14.8. The van der Waals surface area contributed by atoms with Crippen LogP contribution in [0.5, 0.6) is 0 Å². The second kappa shape index (κ2) is 5.99. The summed E-state index contributed by atoms with van der Waals surface area (Å²) in [6.07, 6.45) is 2.82. The Kier molecular flexibility index (Phi) is 4.52. The van der Waals surface area contributed by atoms with Gasteiger partial charge in [0.15, 0.2) is 0 Å². The average molecular weight is 283 g/mol. The number of carboxylic acid groups (broad SMARTS) is 1. The van der Waals surface area contributed by atoms with Gasteiger partial charge in [0.25, 0.3) is 0 Å². The highest BCUT2D eigenvalue weighted by Crippen LogP contribution is 2.30. The molecule has 0 radical (unpaired) electrons. The smallest absolute Gasteiger partial charge is 0.329 e. The molecule has 1 saturated heterocycles. The predicted octanol–water partition coefficient (Wildman–Crippen LogP) is 1.12. The van der Waals surface area contributed by atoms with Crippen molar-refractivity contribution in [2.75, 3.05) is 26.2 Å². The zero-order valence-electron chi connectivity index (χ0n) is 12.4. The Hall–Kier alpha value is -1.30. The van der Waals surface area contributed by atoms with Gasteiger partial charge in [-0.1, -0.05) is 19.8 Å². The lowest BCUT2D eigenvalue weighted by Gasteiger charge is -2.40. The van der Waals surface area contributed by atoms with Crippen LogP contribution in [0.1, 0.15) is 39.5 Å². The van der Waals surface area contributed by atoms with E-state index in [9.17, 15) is 14.7 Å². The van der Waals surface area contributed by atoms with E-state index in [0.717, 1.165) is 25.9 Å². The Morgan fingerprint density at radius 2 is 1.95 bits per heavy atom. The van der Waals surface area contributed by atoms with E-state index in [-0.39, 0.29) is 6.03 Å². The Labute approximate surface area is 120 Å². The van der Waals surface area contributed by atoms with Crippen LogP contribution in [-0.2, 0) is 4.79 Å². The Bertz CT molecular complexity index is 380. The molecule has 1 aliphatic heterocycles. The first-order chi connectivity index (χ1) is 9.48. The number of aliphatic carboxylic acids is 1. The van der Waals surface area contributed by atoms with Crippen LogP contribution in [0.3, 0.4) is 0 Å². The molecular formula is C14H25N3O3. The van der Waals surface area contributed by atoms with E-state index in [1.54, 1.807) is 4.90 Å². The first kappa shape index (κ1) is 15.1. The molecule has 0 bridgehead atoms. The first-order valence-corrected chi connectivity index (χ1v) is 7.53. The highest BCUT2D eigenvalue weighted by molar-refractivity contribution is 5.86. The standard InChI is InChI=1S/C14H25N3O3/c1-3-16-8-9-17(10-11(16)2)13(20)15-14(12(18)19)6-4-5-7-14/h11H,3-10H2,1-2H3,(H,15,20)(H,18,19). The average Bonchev–Trinajstić information content (AvgIpc) is 2.88. The molecule has 114 valence electrons. The third-order valence-electron chi connectivity index (χ3n) is 4.67. The van der Waals surface area contributed by atoms with Gasteiger partial charge < -0.3 is 15.3 Å². The van der Waals surface area contributed by atoms with Crippen molar-refractivity contribution < 1.29 is 14.7 Å². The number of urea groups is 1. The van der Waals surface area contributed by atoms with Crippen molar-refractivity contribution in [3.8, 4) is 0 Å². The molecule has 2 aliphatic rings. The van der Waals surface area contributed by atoms with E-state index in [0.29, 0.717) is 32.0 Å². The summed E-state index contributed by atoms with van der Waals surface area (Å²) in [7, 11) is 0. The Morgan fingerprint density at radius 3 is 2.45 bits per heavy atom. The van der Waals surface area contributed by atoms with Crippen molar-refractivity contribution in [1.29, 1.82) is 0 Å². The van der Waals surface area contributed by atoms with Crippen LogP contribution in [0.15, 0.2) is 0 Å². The van der Waals surface area contributed by atoms with Crippen LogP contribution in [0, 0.1) is 0 Å². The maximum absolute atomic E-state index is 12.3. The molecule has 2 fully saturated rings. The molecule has 6 heteroatoms. The highest BCUT2D eigenvalue weighted by Gasteiger charge is 2.43. The van der Waals surface area contributed by atoms with Crippen LogP contribution >= 0.6 is 0 Å². The number of likely N-dealkylation sites (N-methyl/N-ethyl adjacent to an activating group) is 1. The maximum atomic E-state index is 12.3. The van der Waals surface area contributed by atoms with E-state index >= 15 is 0 Å². The van der Waals surface area contributed by atoms with Gasteiger partial charge in [-0.2, -0.15) is 0 Å². The molecule has 1 heterocycles. The van der Waals surface area contributed by atoms with Gasteiger partial charge in [0.1, 0.15) is 5.54 Å². The molecule has 1 atom stereocenters. The van der Waals surface area contributed by atoms with E-state index < -0.39 is 11.5 Å². The number of piperazine rings is 1. The first-order valence-electron chi connectivity index (χ1n) is 7.53. The predicted molar refractivity (Wildman–Crippen MR) is 75.6 cm³/mol. The fourth-order valence-electron chi connectivity index (χ4n) is 3.30. The molecule has 20 heavy (non-hydrogen) atoms. The molecule has 6 nitrogen and oxygen atoms in total. The molecule has 1 saturated carbocycles. The summed E-state index contributed by atoms with van der Waals surface area (Å²) >= 11 is 0. The van der Waals surface area contributed by atoms with Crippen LogP contribution in [0.4, 0.5) is 4.79 Å². The van der Waals surface area contributed by atoms with Gasteiger partial charge in [-0.3, -0.25) is 4.90 Å². The van der Waals surface area contributed by atoms with Crippen molar-refractivity contribution in [2.24, 2.45) is 0 Å². The lowest BCUT2D eigenvalue weighted by atomic mass is 9.98. The summed E-state index contributed by atoms with van der Waals surface area (Å²) in [6, 6.07) is 0.0979. The number of nitrogens with one attached hydrogen (secondary N) is 1. The van der Waals surface area contributed by atoms with Gasteiger partial charge in [-0.15, -0.1) is 0 Å². The van der Waals surface area contributed by atoms with Gasteiger partial charge >= 0.3 is 12.0 Å². The SMILES string of the molecule is CCN1CCN(C(=O)NC2(C(=O)O)CCCC2)CC1C. The number of carbonyl (C=O) groups is 2. The van der Waals surface area contributed by atoms with Gasteiger partial charge in [0.2, 0.25) is 0 Å². The Balaban J connectivity index is 1.96. The minimum atomic E-state index is -1.04. The molecule has 1 aliphatic carbocycles. The third kappa shape index (κ3) is 2.90. The molecule has 2 N–H and O–H groups in total. The van der Waals surface area contributed by atoms with Crippen LogP contribution < -0.4 is 5.32 Å². The van der Waals surface area contributed by atoms with Crippen molar-refractivity contribution in [2.45, 2.75) is 51.1 Å². The maximum Gasteiger partial charge on any atom is 0.329 e.